The van der Waals surface area contributed by atoms with Crippen molar-refractivity contribution in [2.45, 2.75) is 11.8 Å². The van der Waals surface area contributed by atoms with Crippen molar-refractivity contribution in [1.82, 2.24) is 10.3 Å². The number of rotatable bonds is 4. The minimum absolute atomic E-state index is 0.0998. The van der Waals surface area contributed by atoms with Gasteiger partial charge in [0.25, 0.3) is 11.5 Å². The van der Waals surface area contributed by atoms with E-state index in [9.17, 15) is 28.1 Å². The van der Waals surface area contributed by atoms with Gasteiger partial charge in [0.2, 0.25) is 0 Å². The summed E-state index contributed by atoms with van der Waals surface area (Å²) in [5.74, 6) is -1.44. The molecule has 1 atom stereocenters. The molecular weight excluding hydrogens is 411 g/mol. The van der Waals surface area contributed by atoms with Crippen LogP contribution in [0, 0.1) is 10.1 Å². The second-order valence-electron chi connectivity index (χ2n) is 6.12. The van der Waals surface area contributed by atoms with Gasteiger partial charge >= 0.3 is 17.7 Å². The Labute approximate surface area is 164 Å². The van der Waals surface area contributed by atoms with Gasteiger partial charge in [0.05, 0.1) is 20.7 Å². The molecule has 0 radical (unpaired) electrons. The molecule has 2 heterocycles. The summed E-state index contributed by atoms with van der Waals surface area (Å²) in [7, 11) is 0. The molecule has 0 saturated heterocycles. The van der Waals surface area contributed by atoms with Crippen LogP contribution in [0.1, 0.15) is 5.56 Å². The second kappa shape index (κ2) is 6.51. The van der Waals surface area contributed by atoms with Gasteiger partial charge in [0.1, 0.15) is 0 Å². The molecule has 0 saturated carbocycles. The number of nitrogens with zero attached hydrogens (tertiary/aromatic N) is 2. The van der Waals surface area contributed by atoms with Crippen molar-refractivity contribution in [2.24, 2.45) is 0 Å². The molecular formula is C17H11F3N5O3S+. The van der Waals surface area contributed by atoms with Gasteiger partial charge in [-0.3, -0.25) is 10.1 Å². The number of hydrogen-bond donors (Lipinski definition) is 3. The van der Waals surface area contributed by atoms with Crippen LogP contribution in [0.4, 0.5) is 24.0 Å². The fourth-order valence-electron chi connectivity index (χ4n) is 2.83. The summed E-state index contributed by atoms with van der Waals surface area (Å²) < 4.78 is 42.2. The van der Waals surface area contributed by atoms with E-state index in [0.717, 1.165) is 11.3 Å². The highest BCUT2D eigenvalue weighted by molar-refractivity contribution is 7.22. The number of amidine groups is 1. The fraction of sp³-hybridized carbons (Fsp3) is 0.118. The Kier molecular flexibility index (Phi) is 4.22. The summed E-state index contributed by atoms with van der Waals surface area (Å²) in [5, 5.41) is 15.0. The molecule has 1 amide bonds. The molecule has 0 unspecified atom stereocenters. The lowest BCUT2D eigenvalue weighted by atomic mass is 10.1. The largest absolute Gasteiger partial charge is 0.465 e. The van der Waals surface area contributed by atoms with E-state index in [1.165, 1.54) is 18.2 Å². The molecule has 0 bridgehead atoms. The van der Waals surface area contributed by atoms with Crippen LogP contribution in [0.3, 0.4) is 0 Å². The van der Waals surface area contributed by atoms with Crippen LogP contribution in [0.25, 0.3) is 10.2 Å². The summed E-state index contributed by atoms with van der Waals surface area (Å²) >= 11 is 0.773. The summed E-state index contributed by atoms with van der Waals surface area (Å²) in [5.41, 5.74) is -2.72. The zero-order valence-corrected chi connectivity index (χ0v) is 15.1. The van der Waals surface area contributed by atoms with Gasteiger partial charge in [0.15, 0.2) is 5.13 Å². The number of aromatic nitrogens is 1. The van der Waals surface area contributed by atoms with Crippen LogP contribution in [0.5, 0.6) is 0 Å². The predicted octanol–water partition coefficient (Wildman–Crippen LogP) is 1.53. The Morgan fingerprint density at radius 3 is 2.59 bits per heavy atom. The van der Waals surface area contributed by atoms with Crippen LogP contribution in [0.2, 0.25) is 0 Å². The predicted molar refractivity (Wildman–Crippen MR) is 98.3 cm³/mol. The number of thiazole rings is 1. The van der Waals surface area contributed by atoms with E-state index in [1.54, 1.807) is 30.3 Å². The maximum absolute atomic E-state index is 14.0. The summed E-state index contributed by atoms with van der Waals surface area (Å²) in [4.78, 5) is 28.9. The highest BCUT2D eigenvalue weighted by atomic mass is 32.1. The van der Waals surface area contributed by atoms with Crippen molar-refractivity contribution in [3.8, 4) is 0 Å². The van der Waals surface area contributed by atoms with E-state index in [1.807, 2.05) is 0 Å². The van der Waals surface area contributed by atoms with Gasteiger partial charge < -0.3 is 5.32 Å². The molecule has 148 valence electrons. The molecule has 0 fully saturated rings. The number of non-ortho nitro benzene ring substituents is 1. The van der Waals surface area contributed by atoms with Crippen molar-refractivity contribution < 1.29 is 27.9 Å². The number of amides is 1. The molecule has 1 aliphatic rings. The molecule has 3 N–H and O–H groups in total. The molecule has 1 aliphatic heterocycles. The molecule has 0 spiro atoms. The summed E-state index contributed by atoms with van der Waals surface area (Å²) in [6.45, 7) is 0. The molecule has 2 aromatic carbocycles. The van der Waals surface area contributed by atoms with Crippen LogP contribution in [0.15, 0.2) is 48.5 Å². The lowest BCUT2D eigenvalue weighted by Crippen LogP contribution is -2.94. The molecule has 1 aromatic heterocycles. The number of nitro benzene ring substituents is 1. The third-order valence-corrected chi connectivity index (χ3v) is 5.19. The second-order valence-corrected chi connectivity index (χ2v) is 7.15. The van der Waals surface area contributed by atoms with Crippen LogP contribution >= 0.6 is 11.3 Å². The zero-order chi connectivity index (χ0) is 20.8. The first-order chi connectivity index (χ1) is 13.7. The Bertz CT molecular complexity index is 1160. The molecule has 12 heteroatoms. The Hall–Kier alpha value is -3.54. The first kappa shape index (κ1) is 18.8. The summed E-state index contributed by atoms with van der Waals surface area (Å²) in [6, 6.07) is 11.8. The Morgan fingerprint density at radius 1 is 1.21 bits per heavy atom. The maximum atomic E-state index is 14.0. The van der Waals surface area contributed by atoms with Crippen LogP contribution < -0.4 is 15.6 Å². The Balaban J connectivity index is 1.77. The summed E-state index contributed by atoms with van der Waals surface area (Å²) in [6.07, 6.45) is -5.02. The number of fused-ring (bicyclic) bond motifs is 1. The third kappa shape index (κ3) is 3.16. The minimum Gasteiger partial charge on any atom is -0.303 e. The molecule has 0 aliphatic carbocycles. The van der Waals surface area contributed by atoms with Crippen LogP contribution in [-0.2, 0) is 4.79 Å². The standard InChI is InChI=1S/C17H10F3N5O3S/c18-17(19,20)16(14(26)22-13(23-16)9-4-2-1-3-5-9)24-15-21-11-7-6-10(25(27)28)8-12(11)29-15/h1-8H,(H,21,24)(H,22,23,26)/p+1/t16-/m1/s1. The monoisotopic (exact) mass is 422 g/mol. The number of carbonyl (C=O) groups excluding carboxylic acids is 1. The topological polar surface area (TPSA) is 111 Å². The van der Waals surface area contributed by atoms with E-state index in [4.69, 9.17) is 0 Å². The van der Waals surface area contributed by atoms with Crippen molar-refractivity contribution in [1.29, 1.82) is 0 Å². The highest BCUT2D eigenvalue weighted by Gasteiger charge is 2.69. The SMILES string of the molecule is O=C1NC(c2ccccc2)=[NH+][C@]1(Nc1nc2ccc([N+](=O)[O-])cc2s1)C(F)(F)F. The van der Waals surface area contributed by atoms with E-state index < -0.39 is 22.7 Å². The van der Waals surface area contributed by atoms with Crippen molar-refractivity contribution >= 4 is 44.1 Å². The smallest absolute Gasteiger partial charge is 0.303 e. The van der Waals surface area contributed by atoms with Crippen molar-refractivity contribution in [3.05, 3.63) is 64.2 Å². The van der Waals surface area contributed by atoms with Gasteiger partial charge in [-0.15, -0.1) is 0 Å². The van der Waals surface area contributed by atoms with Crippen LogP contribution in [-0.4, -0.2) is 33.5 Å². The number of nitrogens with one attached hydrogen (secondary N) is 3. The Morgan fingerprint density at radius 2 is 1.93 bits per heavy atom. The van der Waals surface area contributed by atoms with E-state index in [0.29, 0.717) is 10.3 Å². The van der Waals surface area contributed by atoms with Gasteiger partial charge in [-0.1, -0.05) is 29.5 Å². The van der Waals surface area contributed by atoms with Crippen molar-refractivity contribution in [3.63, 3.8) is 0 Å². The molecule has 4 rings (SSSR count). The average molecular weight is 422 g/mol. The number of nitro groups is 1. The van der Waals surface area contributed by atoms with Gasteiger partial charge in [-0.25, -0.2) is 20.1 Å². The van der Waals surface area contributed by atoms with Gasteiger partial charge in [0, 0.05) is 12.1 Å². The van der Waals surface area contributed by atoms with Gasteiger partial charge in [-0.2, -0.15) is 13.2 Å². The highest BCUT2D eigenvalue weighted by Crippen LogP contribution is 2.34. The van der Waals surface area contributed by atoms with Crippen molar-refractivity contribution in [2.75, 3.05) is 5.32 Å². The third-order valence-electron chi connectivity index (χ3n) is 4.26. The zero-order valence-electron chi connectivity index (χ0n) is 14.3. The first-order valence-electron chi connectivity index (χ1n) is 8.11. The molecule has 8 nitrogen and oxygen atoms in total. The number of anilines is 1. The van der Waals surface area contributed by atoms with E-state index in [-0.39, 0.29) is 22.2 Å². The number of alkyl halides is 3. The van der Waals surface area contributed by atoms with Gasteiger partial charge in [-0.05, 0) is 18.2 Å². The van der Waals surface area contributed by atoms with E-state index in [2.05, 4.69) is 20.6 Å². The quantitative estimate of drug-likeness (QED) is 0.436. The van der Waals surface area contributed by atoms with E-state index >= 15 is 0 Å². The molecule has 3 aromatic rings. The number of halogens is 3. The first-order valence-corrected chi connectivity index (χ1v) is 8.93. The average Bonchev–Trinajstić information content (AvgIpc) is 3.22. The number of carbonyl (C=O) groups is 1. The lowest BCUT2D eigenvalue weighted by molar-refractivity contribution is -0.566. The normalized spacial score (nSPS) is 19.1. The maximum Gasteiger partial charge on any atom is 0.465 e. The minimum atomic E-state index is -5.02. The lowest BCUT2D eigenvalue weighted by Gasteiger charge is -2.23. The molecule has 29 heavy (non-hydrogen) atoms. The number of benzene rings is 2. The number of hydrogen-bond acceptors (Lipinski definition) is 6. The fourth-order valence-corrected chi connectivity index (χ4v) is 3.79.